The summed E-state index contributed by atoms with van der Waals surface area (Å²) in [5.74, 6) is 0.429. The van der Waals surface area contributed by atoms with Crippen molar-refractivity contribution >= 4 is 0 Å². The van der Waals surface area contributed by atoms with Crippen molar-refractivity contribution in [2.45, 2.75) is 12.3 Å². The number of hydrogen-bond acceptors (Lipinski definition) is 2. The van der Waals surface area contributed by atoms with E-state index in [4.69, 9.17) is 9.84 Å². The normalized spacial score (nSPS) is 13.2. The van der Waals surface area contributed by atoms with Gasteiger partial charge in [0.25, 0.3) is 0 Å². The van der Waals surface area contributed by atoms with Crippen LogP contribution in [0, 0.1) is 0 Å². The predicted molar refractivity (Wildman–Crippen MR) is 53.1 cm³/mol. The third kappa shape index (κ3) is 3.27. The third-order valence-electron chi connectivity index (χ3n) is 1.87. The van der Waals surface area contributed by atoms with Crippen LogP contribution in [-0.4, -0.2) is 17.9 Å². The van der Waals surface area contributed by atoms with E-state index in [1.807, 2.05) is 0 Å². The SMILES string of the molecule is C=CCOc1ccc(C(O)C(F)(F)F)cc1. The second-order valence-corrected chi connectivity index (χ2v) is 3.11. The van der Waals surface area contributed by atoms with Gasteiger partial charge in [0, 0.05) is 0 Å². The Hall–Kier alpha value is -1.49. The van der Waals surface area contributed by atoms with Crippen LogP contribution in [0.3, 0.4) is 0 Å². The molecule has 1 aromatic rings. The number of aliphatic hydroxyl groups excluding tert-OH is 1. The van der Waals surface area contributed by atoms with E-state index in [1.54, 1.807) is 0 Å². The Balaban J connectivity index is 2.74. The molecule has 88 valence electrons. The first-order chi connectivity index (χ1) is 7.45. The van der Waals surface area contributed by atoms with Crippen molar-refractivity contribution in [1.82, 2.24) is 0 Å². The summed E-state index contributed by atoms with van der Waals surface area (Å²) in [6, 6.07) is 5.09. The molecule has 16 heavy (non-hydrogen) atoms. The zero-order chi connectivity index (χ0) is 12.2. The van der Waals surface area contributed by atoms with Gasteiger partial charge in [-0.1, -0.05) is 24.8 Å². The fraction of sp³-hybridized carbons (Fsp3) is 0.273. The van der Waals surface area contributed by atoms with Crippen LogP contribution in [0.25, 0.3) is 0 Å². The van der Waals surface area contributed by atoms with Gasteiger partial charge < -0.3 is 9.84 Å². The lowest BCUT2D eigenvalue weighted by atomic mass is 10.1. The number of ether oxygens (including phenoxy) is 1. The Bertz CT molecular complexity index is 343. The van der Waals surface area contributed by atoms with Gasteiger partial charge in [0.2, 0.25) is 0 Å². The molecule has 5 heteroatoms. The van der Waals surface area contributed by atoms with Crippen LogP contribution in [0.5, 0.6) is 5.75 Å². The Morgan fingerprint density at radius 2 is 1.88 bits per heavy atom. The number of halogens is 3. The first kappa shape index (κ1) is 12.6. The molecule has 0 heterocycles. The van der Waals surface area contributed by atoms with Crippen molar-refractivity contribution in [2.75, 3.05) is 6.61 Å². The topological polar surface area (TPSA) is 29.5 Å². The van der Waals surface area contributed by atoms with Crippen molar-refractivity contribution in [1.29, 1.82) is 0 Å². The Kier molecular flexibility index (Phi) is 3.95. The molecule has 0 fully saturated rings. The number of alkyl halides is 3. The molecule has 2 nitrogen and oxygen atoms in total. The molecular formula is C11H11F3O2. The molecule has 0 aromatic heterocycles. The maximum atomic E-state index is 12.1. The van der Waals surface area contributed by atoms with Gasteiger partial charge in [-0.2, -0.15) is 13.2 Å². The maximum Gasteiger partial charge on any atom is 0.418 e. The molecule has 0 bridgehead atoms. The van der Waals surface area contributed by atoms with Crippen LogP contribution in [0.1, 0.15) is 11.7 Å². The highest BCUT2D eigenvalue weighted by molar-refractivity contribution is 5.29. The first-order valence-electron chi connectivity index (χ1n) is 4.53. The van der Waals surface area contributed by atoms with Crippen LogP contribution in [-0.2, 0) is 0 Å². The Morgan fingerprint density at radius 3 is 2.31 bits per heavy atom. The molecule has 0 saturated carbocycles. The molecule has 1 rings (SSSR count). The zero-order valence-electron chi connectivity index (χ0n) is 8.37. The van der Waals surface area contributed by atoms with Crippen LogP contribution < -0.4 is 4.74 Å². The summed E-state index contributed by atoms with van der Waals surface area (Å²) in [6.45, 7) is 3.72. The van der Waals surface area contributed by atoms with E-state index in [9.17, 15) is 13.2 Å². The van der Waals surface area contributed by atoms with Gasteiger partial charge in [-0.25, -0.2) is 0 Å². The second-order valence-electron chi connectivity index (χ2n) is 3.11. The lowest BCUT2D eigenvalue weighted by Crippen LogP contribution is -2.19. The minimum atomic E-state index is -4.65. The minimum Gasteiger partial charge on any atom is -0.490 e. The predicted octanol–water partition coefficient (Wildman–Crippen LogP) is 2.85. The van der Waals surface area contributed by atoms with Crippen molar-refractivity contribution in [2.24, 2.45) is 0 Å². The van der Waals surface area contributed by atoms with Gasteiger partial charge in [0.05, 0.1) is 0 Å². The smallest absolute Gasteiger partial charge is 0.418 e. The first-order valence-corrected chi connectivity index (χ1v) is 4.53. The average molecular weight is 232 g/mol. The monoisotopic (exact) mass is 232 g/mol. The highest BCUT2D eigenvalue weighted by atomic mass is 19.4. The summed E-state index contributed by atoms with van der Waals surface area (Å²) in [5.41, 5.74) is -0.210. The zero-order valence-corrected chi connectivity index (χ0v) is 8.37. The summed E-state index contributed by atoms with van der Waals surface area (Å²) in [7, 11) is 0. The van der Waals surface area contributed by atoms with Crippen molar-refractivity contribution < 1.29 is 23.0 Å². The van der Waals surface area contributed by atoms with E-state index >= 15 is 0 Å². The third-order valence-corrected chi connectivity index (χ3v) is 1.87. The molecular weight excluding hydrogens is 221 g/mol. The lowest BCUT2D eigenvalue weighted by Gasteiger charge is -2.14. The maximum absolute atomic E-state index is 12.1. The van der Waals surface area contributed by atoms with Crippen molar-refractivity contribution in [3.63, 3.8) is 0 Å². The summed E-state index contributed by atoms with van der Waals surface area (Å²) >= 11 is 0. The molecule has 0 radical (unpaired) electrons. The van der Waals surface area contributed by atoms with Crippen LogP contribution in [0.2, 0.25) is 0 Å². The van der Waals surface area contributed by atoms with E-state index in [2.05, 4.69) is 6.58 Å². The van der Waals surface area contributed by atoms with Gasteiger partial charge in [0.1, 0.15) is 12.4 Å². The Labute approximate surface area is 91.0 Å². The van der Waals surface area contributed by atoms with Gasteiger partial charge in [-0.05, 0) is 17.7 Å². The largest absolute Gasteiger partial charge is 0.490 e. The van der Waals surface area contributed by atoms with Gasteiger partial charge in [-0.3, -0.25) is 0 Å². The molecule has 1 unspecified atom stereocenters. The fourth-order valence-electron chi connectivity index (χ4n) is 1.09. The molecule has 0 aliphatic heterocycles. The molecule has 0 amide bonds. The van der Waals surface area contributed by atoms with Crippen LogP contribution in [0.15, 0.2) is 36.9 Å². The van der Waals surface area contributed by atoms with Crippen LogP contribution in [0.4, 0.5) is 13.2 Å². The van der Waals surface area contributed by atoms with E-state index in [-0.39, 0.29) is 12.2 Å². The number of aliphatic hydroxyl groups is 1. The number of rotatable bonds is 4. The average Bonchev–Trinajstić information content (AvgIpc) is 2.25. The molecule has 1 N–H and O–H groups in total. The molecule has 0 saturated heterocycles. The molecule has 0 aliphatic rings. The molecule has 0 aliphatic carbocycles. The summed E-state index contributed by atoms with van der Waals surface area (Å²) in [6.07, 6.45) is -5.58. The quantitative estimate of drug-likeness (QED) is 0.809. The fourth-order valence-corrected chi connectivity index (χ4v) is 1.09. The highest BCUT2D eigenvalue weighted by Gasteiger charge is 2.39. The van der Waals surface area contributed by atoms with E-state index in [0.717, 1.165) is 0 Å². The summed E-state index contributed by atoms with van der Waals surface area (Å²) in [4.78, 5) is 0. The molecule has 0 spiro atoms. The standard InChI is InChI=1S/C11H11F3O2/c1-2-7-16-9-5-3-8(4-6-9)10(15)11(12,13)14/h2-6,10,15H,1,7H2. The van der Waals surface area contributed by atoms with Gasteiger partial charge >= 0.3 is 6.18 Å². The second kappa shape index (κ2) is 5.03. The summed E-state index contributed by atoms with van der Waals surface area (Å²) in [5, 5.41) is 8.94. The van der Waals surface area contributed by atoms with Crippen LogP contribution >= 0.6 is 0 Å². The van der Waals surface area contributed by atoms with Crippen molar-refractivity contribution in [3.8, 4) is 5.75 Å². The number of benzene rings is 1. The van der Waals surface area contributed by atoms with Crippen molar-refractivity contribution in [3.05, 3.63) is 42.5 Å². The van der Waals surface area contributed by atoms with Gasteiger partial charge in [0.15, 0.2) is 6.10 Å². The number of hydrogen-bond donors (Lipinski definition) is 1. The van der Waals surface area contributed by atoms with E-state index in [1.165, 1.54) is 30.3 Å². The highest BCUT2D eigenvalue weighted by Crippen LogP contribution is 2.32. The lowest BCUT2D eigenvalue weighted by molar-refractivity contribution is -0.206. The molecule has 1 aromatic carbocycles. The minimum absolute atomic E-state index is 0.210. The molecule has 1 atom stereocenters. The van der Waals surface area contributed by atoms with Gasteiger partial charge in [-0.15, -0.1) is 0 Å². The van der Waals surface area contributed by atoms with E-state index in [0.29, 0.717) is 5.75 Å². The Morgan fingerprint density at radius 1 is 1.31 bits per heavy atom. The summed E-state index contributed by atoms with van der Waals surface area (Å²) < 4.78 is 41.5. The van der Waals surface area contributed by atoms with E-state index < -0.39 is 12.3 Å².